The van der Waals surface area contributed by atoms with Gasteiger partial charge in [0.15, 0.2) is 0 Å². The summed E-state index contributed by atoms with van der Waals surface area (Å²) in [6.45, 7) is 4.14. The summed E-state index contributed by atoms with van der Waals surface area (Å²) >= 11 is 0. The topological polar surface area (TPSA) is 37.3 Å². The van der Waals surface area contributed by atoms with E-state index in [1.165, 1.54) is 89.9 Å². The van der Waals surface area contributed by atoms with Gasteiger partial charge in [0.05, 0.1) is 5.92 Å². The van der Waals surface area contributed by atoms with E-state index in [0.29, 0.717) is 0 Å². The van der Waals surface area contributed by atoms with Crippen molar-refractivity contribution in [2.45, 2.75) is 129 Å². The molecule has 30 heavy (non-hydrogen) atoms. The highest BCUT2D eigenvalue weighted by molar-refractivity contribution is 5.69. The second-order valence-electron chi connectivity index (χ2n) is 8.58. The third kappa shape index (κ3) is 21.4. The van der Waals surface area contributed by atoms with E-state index in [-0.39, 0.29) is 5.92 Å². The minimum absolute atomic E-state index is 0.124. The monoisotopic (exact) mass is 418 g/mol. The molecular weight excluding hydrogens is 368 g/mol. The molecule has 0 aliphatic rings. The lowest BCUT2D eigenvalue weighted by Crippen LogP contribution is -2.12. The van der Waals surface area contributed by atoms with Gasteiger partial charge < -0.3 is 5.11 Å². The van der Waals surface area contributed by atoms with Crippen LogP contribution >= 0.6 is 0 Å². The lowest BCUT2D eigenvalue weighted by Gasteiger charge is -2.08. The standard InChI is InChI=1S/C28H50O2/c1-3-5-6-7-8-9-10-11-12-13-14-15-16-17-18-19-20-21-22-23-24-25-26-27(4-2)28(29)30/h5-8,12-13,27H,3-4,9-11,14-26H2,1-2H3,(H,29,30). The van der Waals surface area contributed by atoms with Gasteiger partial charge in [-0.05, 0) is 51.4 Å². The van der Waals surface area contributed by atoms with Gasteiger partial charge >= 0.3 is 5.97 Å². The SMILES string of the molecule is CCC=CC=CCCCC=CCCCCCCCCCCCCCC(CC)C(=O)O. The molecular formula is C28H50O2. The van der Waals surface area contributed by atoms with Crippen LogP contribution in [0.4, 0.5) is 0 Å². The molecule has 0 aliphatic heterocycles. The minimum Gasteiger partial charge on any atom is -0.481 e. The maximum atomic E-state index is 11.0. The quantitative estimate of drug-likeness (QED) is 0.108. The van der Waals surface area contributed by atoms with Crippen LogP contribution in [-0.2, 0) is 4.79 Å². The maximum Gasteiger partial charge on any atom is 0.306 e. The summed E-state index contributed by atoms with van der Waals surface area (Å²) in [5.41, 5.74) is 0. The van der Waals surface area contributed by atoms with E-state index in [1.807, 2.05) is 6.92 Å². The van der Waals surface area contributed by atoms with Crippen LogP contribution in [0.15, 0.2) is 36.5 Å². The predicted molar refractivity (Wildman–Crippen MR) is 133 cm³/mol. The molecule has 0 aromatic rings. The molecule has 0 saturated carbocycles. The van der Waals surface area contributed by atoms with Gasteiger partial charge in [-0.1, -0.05) is 115 Å². The number of rotatable bonds is 22. The van der Waals surface area contributed by atoms with E-state index in [1.54, 1.807) is 0 Å². The Morgan fingerprint density at radius 3 is 1.63 bits per heavy atom. The van der Waals surface area contributed by atoms with Gasteiger partial charge in [0.2, 0.25) is 0 Å². The van der Waals surface area contributed by atoms with E-state index < -0.39 is 5.97 Å². The van der Waals surface area contributed by atoms with Crippen molar-refractivity contribution >= 4 is 5.97 Å². The van der Waals surface area contributed by atoms with Gasteiger partial charge in [0.1, 0.15) is 0 Å². The van der Waals surface area contributed by atoms with Gasteiger partial charge in [0.25, 0.3) is 0 Å². The summed E-state index contributed by atoms with van der Waals surface area (Å²) in [4.78, 5) is 11.0. The number of carbonyl (C=O) groups is 1. The fourth-order valence-corrected chi connectivity index (χ4v) is 3.72. The largest absolute Gasteiger partial charge is 0.481 e. The first-order chi connectivity index (χ1) is 14.7. The van der Waals surface area contributed by atoms with Crippen molar-refractivity contribution in [2.24, 2.45) is 5.92 Å². The van der Waals surface area contributed by atoms with Gasteiger partial charge in [-0.15, -0.1) is 0 Å². The van der Waals surface area contributed by atoms with Gasteiger partial charge in [-0.2, -0.15) is 0 Å². The smallest absolute Gasteiger partial charge is 0.306 e. The normalized spacial score (nSPS) is 13.1. The lowest BCUT2D eigenvalue weighted by molar-refractivity contribution is -0.142. The first-order valence-corrected chi connectivity index (χ1v) is 12.9. The molecule has 0 spiro atoms. The second-order valence-corrected chi connectivity index (χ2v) is 8.58. The summed E-state index contributed by atoms with van der Waals surface area (Å²) in [7, 11) is 0. The zero-order chi connectivity index (χ0) is 22.1. The van der Waals surface area contributed by atoms with Crippen molar-refractivity contribution in [3.05, 3.63) is 36.5 Å². The molecule has 0 bridgehead atoms. The number of hydrogen-bond donors (Lipinski definition) is 1. The molecule has 2 heteroatoms. The Kier molecular flexibility index (Phi) is 22.9. The molecule has 1 atom stereocenters. The molecule has 174 valence electrons. The highest BCUT2D eigenvalue weighted by Crippen LogP contribution is 2.16. The second kappa shape index (κ2) is 24.0. The number of allylic oxidation sites excluding steroid dienone is 6. The first kappa shape index (κ1) is 28.7. The zero-order valence-electron chi connectivity index (χ0n) is 20.1. The summed E-state index contributed by atoms with van der Waals surface area (Å²) in [6, 6.07) is 0. The minimum atomic E-state index is -0.618. The Morgan fingerprint density at radius 2 is 1.10 bits per heavy atom. The molecule has 0 radical (unpaired) electrons. The third-order valence-corrected chi connectivity index (χ3v) is 5.79. The van der Waals surface area contributed by atoms with Crippen LogP contribution in [-0.4, -0.2) is 11.1 Å². The van der Waals surface area contributed by atoms with Crippen molar-refractivity contribution in [1.29, 1.82) is 0 Å². The van der Waals surface area contributed by atoms with Gasteiger partial charge in [-0.3, -0.25) is 4.79 Å². The van der Waals surface area contributed by atoms with Crippen molar-refractivity contribution in [1.82, 2.24) is 0 Å². The summed E-state index contributed by atoms with van der Waals surface area (Å²) in [6.07, 6.45) is 35.6. The Labute approximate surface area is 187 Å². The molecule has 0 aromatic carbocycles. The molecule has 0 saturated heterocycles. The van der Waals surface area contributed by atoms with Crippen LogP contribution in [0.5, 0.6) is 0 Å². The molecule has 1 N–H and O–H groups in total. The van der Waals surface area contributed by atoms with Crippen molar-refractivity contribution in [3.63, 3.8) is 0 Å². The number of hydrogen-bond acceptors (Lipinski definition) is 1. The van der Waals surface area contributed by atoms with Crippen molar-refractivity contribution < 1.29 is 9.90 Å². The van der Waals surface area contributed by atoms with Crippen LogP contribution in [0.1, 0.15) is 129 Å². The van der Waals surface area contributed by atoms with E-state index in [9.17, 15) is 4.79 Å². The van der Waals surface area contributed by atoms with Crippen molar-refractivity contribution in [2.75, 3.05) is 0 Å². The Bertz CT molecular complexity index is 448. The van der Waals surface area contributed by atoms with Gasteiger partial charge in [0, 0.05) is 0 Å². The number of unbranched alkanes of at least 4 members (excludes halogenated alkanes) is 13. The Hall–Kier alpha value is -1.31. The summed E-state index contributed by atoms with van der Waals surface area (Å²) in [5.74, 6) is -0.742. The van der Waals surface area contributed by atoms with Gasteiger partial charge in [-0.25, -0.2) is 0 Å². The fraction of sp³-hybridized carbons (Fsp3) is 0.750. The zero-order valence-corrected chi connectivity index (χ0v) is 20.1. The lowest BCUT2D eigenvalue weighted by atomic mass is 9.98. The summed E-state index contributed by atoms with van der Waals surface area (Å²) < 4.78 is 0. The van der Waals surface area contributed by atoms with Crippen LogP contribution in [0.25, 0.3) is 0 Å². The molecule has 0 amide bonds. The van der Waals surface area contributed by atoms with E-state index in [2.05, 4.69) is 43.4 Å². The highest BCUT2D eigenvalue weighted by atomic mass is 16.4. The van der Waals surface area contributed by atoms with Crippen LogP contribution in [0.2, 0.25) is 0 Å². The number of aliphatic carboxylic acids is 1. The molecule has 0 fully saturated rings. The average molecular weight is 419 g/mol. The third-order valence-electron chi connectivity index (χ3n) is 5.79. The Morgan fingerprint density at radius 1 is 0.633 bits per heavy atom. The fourth-order valence-electron chi connectivity index (χ4n) is 3.72. The maximum absolute atomic E-state index is 11.0. The number of carboxylic acid groups (broad SMARTS) is 1. The highest BCUT2D eigenvalue weighted by Gasteiger charge is 2.13. The number of carboxylic acids is 1. The molecule has 0 heterocycles. The van der Waals surface area contributed by atoms with E-state index >= 15 is 0 Å². The summed E-state index contributed by atoms with van der Waals surface area (Å²) in [5, 5.41) is 9.04. The van der Waals surface area contributed by atoms with E-state index in [4.69, 9.17) is 5.11 Å². The van der Waals surface area contributed by atoms with Crippen LogP contribution in [0, 0.1) is 5.92 Å². The van der Waals surface area contributed by atoms with Crippen LogP contribution in [0.3, 0.4) is 0 Å². The van der Waals surface area contributed by atoms with E-state index in [0.717, 1.165) is 25.7 Å². The Balaban J connectivity index is 3.23. The predicted octanol–water partition coefficient (Wildman–Crippen LogP) is 9.42. The molecule has 0 rings (SSSR count). The molecule has 2 nitrogen and oxygen atoms in total. The first-order valence-electron chi connectivity index (χ1n) is 12.9. The van der Waals surface area contributed by atoms with Crippen LogP contribution < -0.4 is 0 Å². The molecule has 0 aromatic heterocycles. The van der Waals surface area contributed by atoms with Crippen molar-refractivity contribution in [3.8, 4) is 0 Å². The molecule has 0 aliphatic carbocycles. The molecule has 1 unspecified atom stereocenters. The average Bonchev–Trinajstić information content (AvgIpc) is 2.74.